The first-order valence-electron chi connectivity index (χ1n) is 11.2. The van der Waals surface area contributed by atoms with E-state index in [2.05, 4.69) is 56.0 Å². The van der Waals surface area contributed by atoms with Crippen molar-refractivity contribution < 1.29 is 4.39 Å². The van der Waals surface area contributed by atoms with Crippen LogP contribution in [0.3, 0.4) is 0 Å². The summed E-state index contributed by atoms with van der Waals surface area (Å²) >= 11 is 0. The number of allylic oxidation sites excluding steroid dienone is 3. The number of benzene rings is 3. The predicted molar refractivity (Wildman–Crippen MR) is 127 cm³/mol. The molecule has 0 unspecified atom stereocenters. The maximum atomic E-state index is 15.3. The SMILES string of the molecule is C=CCCc1ccc2c(F)c(-c3ccc(C4CCC(/C=C/C)CC4)cc3)ccc2c1. The summed E-state index contributed by atoms with van der Waals surface area (Å²) in [6, 6.07) is 18.6. The van der Waals surface area contributed by atoms with Crippen LogP contribution in [0.25, 0.3) is 21.9 Å². The summed E-state index contributed by atoms with van der Waals surface area (Å²) in [7, 11) is 0. The molecule has 1 aliphatic carbocycles. The highest BCUT2D eigenvalue weighted by Gasteiger charge is 2.21. The first kappa shape index (κ1) is 20.6. The van der Waals surface area contributed by atoms with Crippen LogP contribution in [0.2, 0.25) is 0 Å². The van der Waals surface area contributed by atoms with Gasteiger partial charge in [-0.25, -0.2) is 4.39 Å². The lowest BCUT2D eigenvalue weighted by Gasteiger charge is -2.27. The molecule has 3 aromatic carbocycles. The summed E-state index contributed by atoms with van der Waals surface area (Å²) in [5.41, 5.74) is 4.26. The maximum Gasteiger partial charge on any atom is 0.138 e. The Bertz CT molecular complexity index is 1030. The Balaban J connectivity index is 1.54. The van der Waals surface area contributed by atoms with Crippen molar-refractivity contribution in [3.63, 3.8) is 0 Å². The molecule has 1 heteroatoms. The highest BCUT2D eigenvalue weighted by Crippen LogP contribution is 2.37. The van der Waals surface area contributed by atoms with Gasteiger partial charge in [0.1, 0.15) is 5.82 Å². The number of fused-ring (bicyclic) bond motifs is 1. The van der Waals surface area contributed by atoms with E-state index in [4.69, 9.17) is 0 Å². The molecular weight excluding hydrogens is 367 g/mol. The van der Waals surface area contributed by atoms with Crippen molar-refractivity contribution in [1.29, 1.82) is 0 Å². The summed E-state index contributed by atoms with van der Waals surface area (Å²) in [6.07, 6.45) is 13.4. The molecule has 1 fully saturated rings. The van der Waals surface area contributed by atoms with E-state index in [-0.39, 0.29) is 5.82 Å². The molecule has 0 spiro atoms. The van der Waals surface area contributed by atoms with E-state index in [1.165, 1.54) is 36.8 Å². The van der Waals surface area contributed by atoms with Crippen molar-refractivity contribution in [2.75, 3.05) is 0 Å². The monoisotopic (exact) mass is 398 g/mol. The maximum absolute atomic E-state index is 15.3. The summed E-state index contributed by atoms with van der Waals surface area (Å²) in [5.74, 6) is 1.26. The minimum absolute atomic E-state index is 0.123. The Morgan fingerprint density at radius 2 is 1.73 bits per heavy atom. The Morgan fingerprint density at radius 3 is 2.43 bits per heavy atom. The van der Waals surface area contributed by atoms with Gasteiger partial charge in [-0.2, -0.15) is 0 Å². The van der Waals surface area contributed by atoms with Crippen LogP contribution in [0.5, 0.6) is 0 Å². The van der Waals surface area contributed by atoms with Crippen molar-refractivity contribution >= 4 is 10.8 Å². The lowest BCUT2D eigenvalue weighted by Crippen LogP contribution is -2.11. The van der Waals surface area contributed by atoms with E-state index in [1.54, 1.807) is 0 Å². The second-order valence-corrected chi connectivity index (χ2v) is 8.57. The van der Waals surface area contributed by atoms with Gasteiger partial charge in [0.05, 0.1) is 0 Å². The zero-order valence-electron chi connectivity index (χ0n) is 17.9. The van der Waals surface area contributed by atoms with E-state index in [0.717, 1.165) is 29.7 Å². The van der Waals surface area contributed by atoms with Crippen molar-refractivity contribution in [1.82, 2.24) is 0 Å². The molecule has 0 radical (unpaired) electrons. The van der Waals surface area contributed by atoms with E-state index >= 15 is 4.39 Å². The lowest BCUT2D eigenvalue weighted by atomic mass is 9.78. The number of hydrogen-bond acceptors (Lipinski definition) is 0. The minimum Gasteiger partial charge on any atom is -0.206 e. The van der Waals surface area contributed by atoms with Crippen LogP contribution >= 0.6 is 0 Å². The molecule has 30 heavy (non-hydrogen) atoms. The van der Waals surface area contributed by atoms with E-state index < -0.39 is 0 Å². The molecule has 0 aliphatic heterocycles. The fraction of sp³-hybridized carbons (Fsp3) is 0.310. The summed E-state index contributed by atoms with van der Waals surface area (Å²) < 4.78 is 15.3. The van der Waals surface area contributed by atoms with Crippen molar-refractivity contribution in [2.45, 2.75) is 51.4 Å². The lowest BCUT2D eigenvalue weighted by molar-refractivity contribution is 0.376. The van der Waals surface area contributed by atoms with E-state index in [9.17, 15) is 0 Å². The van der Waals surface area contributed by atoms with Crippen LogP contribution in [0.1, 0.15) is 56.1 Å². The smallest absolute Gasteiger partial charge is 0.138 e. The Kier molecular flexibility index (Phi) is 6.47. The number of hydrogen-bond donors (Lipinski definition) is 0. The number of aryl methyl sites for hydroxylation is 1. The van der Waals surface area contributed by atoms with Crippen molar-refractivity contribution in [3.05, 3.63) is 96.3 Å². The molecule has 0 heterocycles. The quantitative estimate of drug-likeness (QED) is 0.365. The highest BCUT2D eigenvalue weighted by molar-refractivity contribution is 5.88. The van der Waals surface area contributed by atoms with Gasteiger partial charge in [0.15, 0.2) is 0 Å². The molecule has 0 bridgehead atoms. The third kappa shape index (κ3) is 4.41. The van der Waals surface area contributed by atoms with Gasteiger partial charge in [0.25, 0.3) is 0 Å². The standard InChI is InChI=1S/C29H31F/c1-3-5-7-22-10-18-28-26(20-22)17-19-27(29(28)30)25-15-13-24(14-16-25)23-11-8-21(6-4-2)9-12-23/h3-4,6,10,13-21,23H,1,5,7-9,11-12H2,2H3/b6-4+. The summed E-state index contributed by atoms with van der Waals surface area (Å²) in [5, 5.41) is 1.66. The van der Waals surface area contributed by atoms with Gasteiger partial charge >= 0.3 is 0 Å². The molecule has 0 nitrogen and oxygen atoms in total. The zero-order valence-corrected chi connectivity index (χ0v) is 17.9. The van der Waals surface area contributed by atoms with E-state index in [0.29, 0.717) is 16.9 Å². The molecule has 0 saturated heterocycles. The normalized spacial score (nSPS) is 19.4. The second-order valence-electron chi connectivity index (χ2n) is 8.57. The van der Waals surface area contributed by atoms with Gasteiger partial charge in [-0.3, -0.25) is 0 Å². The van der Waals surface area contributed by atoms with Gasteiger partial charge in [-0.1, -0.05) is 72.8 Å². The summed E-state index contributed by atoms with van der Waals surface area (Å²) in [4.78, 5) is 0. The third-order valence-corrected chi connectivity index (χ3v) is 6.59. The molecule has 0 aromatic heterocycles. The predicted octanol–water partition coefficient (Wildman–Crippen LogP) is 8.61. The van der Waals surface area contributed by atoms with Crippen LogP contribution in [-0.4, -0.2) is 0 Å². The topological polar surface area (TPSA) is 0 Å². The Morgan fingerprint density at radius 1 is 0.967 bits per heavy atom. The molecule has 154 valence electrons. The second kappa shape index (κ2) is 9.43. The van der Waals surface area contributed by atoms with Crippen LogP contribution < -0.4 is 0 Å². The molecule has 4 rings (SSSR count). The van der Waals surface area contributed by atoms with Gasteiger partial charge in [-0.15, -0.1) is 6.58 Å². The Hall–Kier alpha value is -2.67. The fourth-order valence-electron chi connectivity index (χ4n) is 4.84. The van der Waals surface area contributed by atoms with Crippen molar-refractivity contribution in [3.8, 4) is 11.1 Å². The number of rotatable bonds is 6. The average molecular weight is 399 g/mol. The molecule has 0 atom stereocenters. The highest BCUT2D eigenvalue weighted by atomic mass is 19.1. The van der Waals surface area contributed by atoms with Gasteiger partial charge in [0.2, 0.25) is 0 Å². The molecule has 3 aromatic rings. The third-order valence-electron chi connectivity index (χ3n) is 6.59. The average Bonchev–Trinajstić information content (AvgIpc) is 2.79. The van der Waals surface area contributed by atoms with Crippen LogP contribution in [0.15, 0.2) is 79.4 Å². The molecule has 1 saturated carbocycles. The van der Waals surface area contributed by atoms with Gasteiger partial charge in [-0.05, 0) is 79.4 Å². The van der Waals surface area contributed by atoms with E-state index in [1.807, 2.05) is 30.3 Å². The fourth-order valence-corrected chi connectivity index (χ4v) is 4.84. The van der Waals surface area contributed by atoms with Crippen LogP contribution in [0, 0.1) is 11.7 Å². The molecular formula is C29H31F. The largest absolute Gasteiger partial charge is 0.206 e. The van der Waals surface area contributed by atoms with Crippen LogP contribution in [-0.2, 0) is 6.42 Å². The number of halogens is 1. The minimum atomic E-state index is -0.123. The first-order valence-corrected chi connectivity index (χ1v) is 11.2. The van der Waals surface area contributed by atoms with Gasteiger partial charge < -0.3 is 0 Å². The first-order chi connectivity index (χ1) is 14.7. The Labute approximate surface area is 180 Å². The zero-order chi connectivity index (χ0) is 20.9. The molecule has 1 aliphatic rings. The van der Waals surface area contributed by atoms with Gasteiger partial charge in [0, 0.05) is 10.9 Å². The molecule has 0 N–H and O–H groups in total. The molecule has 0 amide bonds. The van der Waals surface area contributed by atoms with Crippen LogP contribution in [0.4, 0.5) is 4.39 Å². The summed E-state index contributed by atoms with van der Waals surface area (Å²) in [6.45, 7) is 5.89. The van der Waals surface area contributed by atoms with Crippen molar-refractivity contribution in [2.24, 2.45) is 5.92 Å².